The van der Waals surface area contributed by atoms with E-state index < -0.39 is 5.60 Å². The first-order valence-corrected chi connectivity index (χ1v) is 6.18. The van der Waals surface area contributed by atoms with Crippen LogP contribution in [0.4, 0.5) is 0 Å². The first kappa shape index (κ1) is 12.9. The molecule has 0 aliphatic carbocycles. The smallest absolute Gasteiger partial charge is 0.0756 e. The maximum atomic E-state index is 9.96. The van der Waals surface area contributed by atoms with Gasteiger partial charge in [-0.3, -0.25) is 4.90 Å². The summed E-state index contributed by atoms with van der Waals surface area (Å²) in [5.74, 6) is 0. The topological polar surface area (TPSA) is 49.5 Å². The highest BCUT2D eigenvalue weighted by molar-refractivity contribution is 4.86. The van der Waals surface area contributed by atoms with Gasteiger partial charge in [0.1, 0.15) is 0 Å². The van der Waals surface area contributed by atoms with Crippen molar-refractivity contribution in [3.8, 4) is 0 Å². The minimum Gasteiger partial charge on any atom is -0.389 e. The standard InChI is InChI=1S/C12H26N2O/c1-4-11-6-5-7-14(11)10(2)8-12(3,15)9-13/h10-11,15H,4-9,13H2,1-3H3. The fourth-order valence-corrected chi connectivity index (χ4v) is 2.71. The average molecular weight is 214 g/mol. The third kappa shape index (κ3) is 3.44. The minimum absolute atomic E-state index is 0.349. The lowest BCUT2D eigenvalue weighted by atomic mass is 9.96. The molecule has 1 aliphatic heterocycles. The molecule has 0 aromatic heterocycles. The number of rotatable bonds is 5. The Morgan fingerprint density at radius 2 is 2.27 bits per heavy atom. The van der Waals surface area contributed by atoms with E-state index in [1.165, 1.54) is 25.8 Å². The van der Waals surface area contributed by atoms with Crippen LogP contribution in [0.3, 0.4) is 0 Å². The molecule has 3 unspecified atom stereocenters. The van der Waals surface area contributed by atoms with Gasteiger partial charge >= 0.3 is 0 Å². The van der Waals surface area contributed by atoms with Crippen molar-refractivity contribution < 1.29 is 5.11 Å². The van der Waals surface area contributed by atoms with Gasteiger partial charge in [0.2, 0.25) is 0 Å². The Morgan fingerprint density at radius 1 is 1.60 bits per heavy atom. The van der Waals surface area contributed by atoms with Gasteiger partial charge in [-0.1, -0.05) is 6.92 Å². The molecule has 0 saturated carbocycles. The van der Waals surface area contributed by atoms with Crippen LogP contribution < -0.4 is 5.73 Å². The third-order valence-corrected chi connectivity index (χ3v) is 3.63. The molecule has 1 fully saturated rings. The molecule has 3 N–H and O–H groups in total. The van der Waals surface area contributed by atoms with Crippen molar-refractivity contribution in [1.82, 2.24) is 4.90 Å². The first-order chi connectivity index (χ1) is 7.00. The Labute approximate surface area is 93.6 Å². The molecule has 3 atom stereocenters. The van der Waals surface area contributed by atoms with E-state index in [4.69, 9.17) is 5.73 Å². The van der Waals surface area contributed by atoms with Crippen LogP contribution in [-0.4, -0.2) is 40.8 Å². The zero-order chi connectivity index (χ0) is 11.5. The van der Waals surface area contributed by atoms with E-state index in [2.05, 4.69) is 18.7 Å². The predicted octanol–water partition coefficient (Wildman–Crippen LogP) is 1.35. The number of hydrogen-bond donors (Lipinski definition) is 2. The summed E-state index contributed by atoms with van der Waals surface area (Å²) in [5, 5.41) is 9.96. The SMILES string of the molecule is CCC1CCCN1C(C)CC(C)(O)CN. The van der Waals surface area contributed by atoms with Crippen LogP contribution in [0.25, 0.3) is 0 Å². The van der Waals surface area contributed by atoms with Crippen molar-refractivity contribution in [1.29, 1.82) is 0 Å². The molecule has 0 amide bonds. The number of likely N-dealkylation sites (tertiary alicyclic amines) is 1. The van der Waals surface area contributed by atoms with Crippen LogP contribution >= 0.6 is 0 Å². The molecule has 1 saturated heterocycles. The Hall–Kier alpha value is -0.120. The molecule has 0 aromatic carbocycles. The monoisotopic (exact) mass is 214 g/mol. The van der Waals surface area contributed by atoms with Crippen LogP contribution in [0.5, 0.6) is 0 Å². The third-order valence-electron chi connectivity index (χ3n) is 3.63. The number of nitrogens with two attached hydrogens (primary N) is 1. The van der Waals surface area contributed by atoms with Crippen molar-refractivity contribution in [2.24, 2.45) is 5.73 Å². The van der Waals surface area contributed by atoms with E-state index in [9.17, 15) is 5.11 Å². The average Bonchev–Trinajstić information content (AvgIpc) is 2.64. The highest BCUT2D eigenvalue weighted by atomic mass is 16.3. The summed E-state index contributed by atoms with van der Waals surface area (Å²) in [6.45, 7) is 7.82. The fourth-order valence-electron chi connectivity index (χ4n) is 2.71. The molecule has 3 heteroatoms. The van der Waals surface area contributed by atoms with Gasteiger partial charge in [0.15, 0.2) is 0 Å². The minimum atomic E-state index is -0.708. The molecule has 0 radical (unpaired) electrons. The number of nitrogens with zero attached hydrogens (tertiary/aromatic N) is 1. The maximum absolute atomic E-state index is 9.96. The lowest BCUT2D eigenvalue weighted by Gasteiger charge is -2.34. The predicted molar refractivity (Wildman–Crippen MR) is 63.8 cm³/mol. The normalized spacial score (nSPS) is 29.0. The molecule has 0 bridgehead atoms. The van der Waals surface area contributed by atoms with Crippen LogP contribution in [0.1, 0.15) is 46.5 Å². The number of hydrogen-bond acceptors (Lipinski definition) is 3. The second-order valence-electron chi connectivity index (χ2n) is 5.20. The van der Waals surface area contributed by atoms with Crippen LogP contribution in [0.15, 0.2) is 0 Å². The van der Waals surface area contributed by atoms with Gasteiger partial charge < -0.3 is 10.8 Å². The Balaban J connectivity index is 2.49. The quantitative estimate of drug-likeness (QED) is 0.726. The molecule has 3 nitrogen and oxygen atoms in total. The maximum Gasteiger partial charge on any atom is 0.0756 e. The second-order valence-corrected chi connectivity index (χ2v) is 5.20. The molecular weight excluding hydrogens is 188 g/mol. The molecule has 1 heterocycles. The van der Waals surface area contributed by atoms with Crippen molar-refractivity contribution in [2.75, 3.05) is 13.1 Å². The van der Waals surface area contributed by atoms with E-state index >= 15 is 0 Å². The van der Waals surface area contributed by atoms with Crippen LogP contribution in [-0.2, 0) is 0 Å². The Kier molecular flexibility index (Phi) is 4.56. The summed E-state index contributed by atoms with van der Waals surface area (Å²) in [7, 11) is 0. The Morgan fingerprint density at radius 3 is 2.80 bits per heavy atom. The summed E-state index contributed by atoms with van der Waals surface area (Å²) in [6, 6.07) is 1.16. The lowest BCUT2D eigenvalue weighted by molar-refractivity contribution is 0.0257. The van der Waals surface area contributed by atoms with Gasteiger partial charge in [-0.15, -0.1) is 0 Å². The van der Waals surface area contributed by atoms with Crippen LogP contribution in [0.2, 0.25) is 0 Å². The van der Waals surface area contributed by atoms with E-state index in [0.717, 1.165) is 6.42 Å². The molecular formula is C12H26N2O. The van der Waals surface area contributed by atoms with Gasteiger partial charge in [0.25, 0.3) is 0 Å². The summed E-state index contributed by atoms with van der Waals surface area (Å²) in [4.78, 5) is 2.53. The van der Waals surface area contributed by atoms with Gasteiger partial charge in [-0.2, -0.15) is 0 Å². The molecule has 0 aromatic rings. The van der Waals surface area contributed by atoms with Crippen molar-refractivity contribution >= 4 is 0 Å². The van der Waals surface area contributed by atoms with Crippen molar-refractivity contribution in [3.63, 3.8) is 0 Å². The van der Waals surface area contributed by atoms with Crippen molar-refractivity contribution in [2.45, 2.75) is 64.1 Å². The largest absolute Gasteiger partial charge is 0.389 e. The van der Waals surface area contributed by atoms with E-state index in [1.54, 1.807) is 0 Å². The highest BCUT2D eigenvalue weighted by Crippen LogP contribution is 2.25. The Bertz CT molecular complexity index is 194. The van der Waals surface area contributed by atoms with Crippen molar-refractivity contribution in [3.05, 3.63) is 0 Å². The zero-order valence-corrected chi connectivity index (χ0v) is 10.4. The summed E-state index contributed by atoms with van der Waals surface area (Å²) < 4.78 is 0. The van der Waals surface area contributed by atoms with Gasteiger partial charge in [-0.25, -0.2) is 0 Å². The molecule has 90 valence electrons. The fraction of sp³-hybridized carbons (Fsp3) is 1.00. The zero-order valence-electron chi connectivity index (χ0n) is 10.4. The van der Waals surface area contributed by atoms with Gasteiger partial charge in [0, 0.05) is 18.6 Å². The highest BCUT2D eigenvalue weighted by Gasteiger charge is 2.31. The second kappa shape index (κ2) is 5.28. The van der Waals surface area contributed by atoms with E-state index in [-0.39, 0.29) is 0 Å². The molecule has 1 rings (SSSR count). The van der Waals surface area contributed by atoms with E-state index in [1.807, 2.05) is 6.92 Å². The molecule has 15 heavy (non-hydrogen) atoms. The summed E-state index contributed by atoms with van der Waals surface area (Å²) >= 11 is 0. The number of aliphatic hydroxyl groups is 1. The summed E-state index contributed by atoms with van der Waals surface area (Å²) in [6.07, 6.45) is 4.61. The summed E-state index contributed by atoms with van der Waals surface area (Å²) in [5.41, 5.74) is 4.84. The molecule has 1 aliphatic rings. The van der Waals surface area contributed by atoms with E-state index in [0.29, 0.717) is 18.6 Å². The first-order valence-electron chi connectivity index (χ1n) is 6.18. The van der Waals surface area contributed by atoms with Gasteiger partial charge in [-0.05, 0) is 46.1 Å². The molecule has 0 spiro atoms. The van der Waals surface area contributed by atoms with Gasteiger partial charge in [0.05, 0.1) is 5.60 Å². The van der Waals surface area contributed by atoms with Crippen LogP contribution in [0, 0.1) is 0 Å². The lowest BCUT2D eigenvalue weighted by Crippen LogP contribution is -2.45.